The summed E-state index contributed by atoms with van der Waals surface area (Å²) < 4.78 is 16.9. The van der Waals surface area contributed by atoms with Crippen LogP contribution in [0.5, 0.6) is 0 Å². The van der Waals surface area contributed by atoms with Gasteiger partial charge in [0.2, 0.25) is 0 Å². The number of unbranched alkanes of at least 4 members (excludes halogenated alkanes) is 9. The van der Waals surface area contributed by atoms with Crippen LogP contribution in [0.15, 0.2) is 0 Å². The molecule has 0 aliphatic heterocycles. The van der Waals surface area contributed by atoms with Crippen molar-refractivity contribution in [3.8, 4) is 0 Å². The van der Waals surface area contributed by atoms with Crippen LogP contribution < -0.4 is 0 Å². The van der Waals surface area contributed by atoms with Gasteiger partial charge in [0.05, 0.1) is 37.6 Å². The van der Waals surface area contributed by atoms with Crippen LogP contribution in [-0.2, 0) is 28.6 Å². The lowest BCUT2D eigenvalue weighted by Crippen LogP contribution is -2.40. The normalized spacial score (nSPS) is 18.9. The molecule has 0 aromatic carbocycles. The number of carbonyl (C=O) groups is 3. The second kappa shape index (κ2) is 23.8. The zero-order valence-electron chi connectivity index (χ0n) is 28.3. The maximum absolute atomic E-state index is 13.2. The average Bonchev–Trinajstić information content (AvgIpc) is 2.94. The standard InChI is InChI=1S/C36H66O6/c1-28(2)19-13-7-10-16-24-40-34(37)31-22-23-32(35(38)41-25-17-11-8-14-20-29(3)4)33(27-31)36(39)42-26-18-12-9-15-21-30(5)6/h28-33H,7-27H2,1-6H3. The first-order valence-electron chi connectivity index (χ1n) is 17.6. The summed E-state index contributed by atoms with van der Waals surface area (Å²) in [6, 6.07) is 0. The highest BCUT2D eigenvalue weighted by Gasteiger charge is 2.43. The molecule has 0 aromatic heterocycles. The van der Waals surface area contributed by atoms with Crippen molar-refractivity contribution in [3.05, 3.63) is 0 Å². The molecule has 3 atom stereocenters. The second-order valence-electron chi connectivity index (χ2n) is 14.0. The van der Waals surface area contributed by atoms with E-state index in [-0.39, 0.29) is 23.8 Å². The summed E-state index contributed by atoms with van der Waals surface area (Å²) in [5.41, 5.74) is 0. The van der Waals surface area contributed by atoms with Gasteiger partial charge in [-0.05, 0) is 56.3 Å². The van der Waals surface area contributed by atoms with Gasteiger partial charge in [-0.25, -0.2) is 0 Å². The number of esters is 3. The lowest BCUT2D eigenvalue weighted by Gasteiger charge is -2.32. The Morgan fingerprint density at radius 1 is 0.476 bits per heavy atom. The van der Waals surface area contributed by atoms with E-state index in [1.165, 1.54) is 38.5 Å². The molecular weight excluding hydrogens is 528 g/mol. The number of carbonyl (C=O) groups excluding carboxylic acids is 3. The van der Waals surface area contributed by atoms with Gasteiger partial charge in [-0.2, -0.15) is 0 Å². The topological polar surface area (TPSA) is 78.9 Å². The van der Waals surface area contributed by atoms with Crippen molar-refractivity contribution < 1.29 is 28.6 Å². The predicted molar refractivity (Wildman–Crippen MR) is 171 cm³/mol. The van der Waals surface area contributed by atoms with Gasteiger partial charge in [0.15, 0.2) is 0 Å². The molecule has 6 nitrogen and oxygen atoms in total. The minimum atomic E-state index is -0.646. The van der Waals surface area contributed by atoms with Crippen LogP contribution in [0.3, 0.4) is 0 Å². The van der Waals surface area contributed by atoms with Crippen LogP contribution in [0.4, 0.5) is 0 Å². The van der Waals surface area contributed by atoms with Gasteiger partial charge < -0.3 is 14.2 Å². The maximum Gasteiger partial charge on any atom is 0.309 e. The minimum absolute atomic E-state index is 0.242. The fourth-order valence-electron chi connectivity index (χ4n) is 5.80. The summed E-state index contributed by atoms with van der Waals surface area (Å²) in [6.45, 7) is 14.6. The number of hydrogen-bond donors (Lipinski definition) is 0. The van der Waals surface area contributed by atoms with Crippen molar-refractivity contribution in [2.75, 3.05) is 19.8 Å². The summed E-state index contributed by atoms with van der Waals surface area (Å²) in [5, 5.41) is 0. The molecule has 246 valence electrons. The summed E-state index contributed by atoms with van der Waals surface area (Å²) in [5.74, 6) is -0.332. The molecule has 3 unspecified atom stereocenters. The Bertz CT molecular complexity index is 716. The number of ether oxygens (including phenoxy) is 3. The number of hydrogen-bond acceptors (Lipinski definition) is 6. The first-order valence-corrected chi connectivity index (χ1v) is 17.6. The van der Waals surface area contributed by atoms with E-state index in [1.54, 1.807) is 0 Å². The molecule has 42 heavy (non-hydrogen) atoms. The molecule has 1 aliphatic rings. The van der Waals surface area contributed by atoms with E-state index in [2.05, 4.69) is 41.5 Å². The first kappa shape index (κ1) is 38.4. The van der Waals surface area contributed by atoms with Gasteiger partial charge in [-0.3, -0.25) is 14.4 Å². The Hall–Kier alpha value is -1.59. The molecule has 6 heteroatoms. The molecule has 0 N–H and O–H groups in total. The van der Waals surface area contributed by atoms with E-state index in [4.69, 9.17) is 14.2 Å². The highest BCUT2D eigenvalue weighted by molar-refractivity contribution is 5.83. The molecule has 0 saturated heterocycles. The van der Waals surface area contributed by atoms with Crippen molar-refractivity contribution in [2.45, 2.75) is 157 Å². The Labute approximate surface area is 258 Å². The van der Waals surface area contributed by atoms with E-state index in [0.29, 0.717) is 45.0 Å². The largest absolute Gasteiger partial charge is 0.465 e. The van der Waals surface area contributed by atoms with E-state index in [9.17, 15) is 14.4 Å². The fraction of sp³-hybridized carbons (Fsp3) is 0.917. The highest BCUT2D eigenvalue weighted by Crippen LogP contribution is 2.36. The molecule has 1 rings (SSSR count). The molecule has 1 saturated carbocycles. The molecule has 0 aromatic rings. The Morgan fingerprint density at radius 3 is 1.24 bits per heavy atom. The summed E-state index contributed by atoms with van der Waals surface area (Å²) in [7, 11) is 0. The van der Waals surface area contributed by atoms with Crippen LogP contribution in [0.1, 0.15) is 157 Å². The van der Waals surface area contributed by atoms with Crippen LogP contribution in [0, 0.1) is 35.5 Å². The molecule has 0 spiro atoms. The van der Waals surface area contributed by atoms with Gasteiger partial charge in [-0.1, -0.05) is 119 Å². The highest BCUT2D eigenvalue weighted by atomic mass is 16.5. The van der Waals surface area contributed by atoms with Gasteiger partial charge >= 0.3 is 17.9 Å². The summed E-state index contributed by atoms with van der Waals surface area (Å²) in [4.78, 5) is 39.1. The summed E-state index contributed by atoms with van der Waals surface area (Å²) >= 11 is 0. The van der Waals surface area contributed by atoms with Gasteiger partial charge in [0.1, 0.15) is 0 Å². The van der Waals surface area contributed by atoms with E-state index in [0.717, 1.165) is 69.6 Å². The van der Waals surface area contributed by atoms with Crippen molar-refractivity contribution in [3.63, 3.8) is 0 Å². The third kappa shape index (κ3) is 18.8. The molecule has 1 aliphatic carbocycles. The zero-order chi connectivity index (χ0) is 31.2. The Morgan fingerprint density at radius 2 is 0.833 bits per heavy atom. The third-order valence-corrected chi connectivity index (χ3v) is 8.55. The smallest absolute Gasteiger partial charge is 0.309 e. The maximum atomic E-state index is 13.2. The van der Waals surface area contributed by atoms with Crippen molar-refractivity contribution >= 4 is 17.9 Å². The zero-order valence-corrected chi connectivity index (χ0v) is 28.3. The van der Waals surface area contributed by atoms with Crippen LogP contribution in [-0.4, -0.2) is 37.7 Å². The van der Waals surface area contributed by atoms with Crippen molar-refractivity contribution in [2.24, 2.45) is 35.5 Å². The predicted octanol–water partition coefficient (Wildman–Crippen LogP) is 9.47. The van der Waals surface area contributed by atoms with Crippen molar-refractivity contribution in [1.29, 1.82) is 0 Å². The monoisotopic (exact) mass is 594 g/mol. The Kier molecular flexibility index (Phi) is 21.8. The van der Waals surface area contributed by atoms with Crippen LogP contribution >= 0.6 is 0 Å². The third-order valence-electron chi connectivity index (χ3n) is 8.55. The molecule has 0 bridgehead atoms. The quantitative estimate of drug-likeness (QED) is 0.0629. The van der Waals surface area contributed by atoms with Crippen molar-refractivity contribution in [1.82, 2.24) is 0 Å². The van der Waals surface area contributed by atoms with Gasteiger partial charge in [0, 0.05) is 0 Å². The number of rotatable bonds is 24. The average molecular weight is 595 g/mol. The van der Waals surface area contributed by atoms with Crippen LogP contribution in [0.25, 0.3) is 0 Å². The molecule has 1 fully saturated rings. The molecular formula is C36H66O6. The SMILES string of the molecule is CC(C)CCCCCCOC(=O)C1CCC(C(=O)OCCCCCCC(C)C)C(C(=O)OCCCCCCC(C)C)C1. The lowest BCUT2D eigenvalue weighted by atomic mass is 9.74. The first-order chi connectivity index (χ1) is 20.1. The fourth-order valence-corrected chi connectivity index (χ4v) is 5.80. The Balaban J connectivity index is 2.55. The van der Waals surface area contributed by atoms with E-state index >= 15 is 0 Å². The molecule has 0 heterocycles. The second-order valence-corrected chi connectivity index (χ2v) is 14.0. The summed E-state index contributed by atoms with van der Waals surface area (Å²) in [6.07, 6.45) is 17.7. The van der Waals surface area contributed by atoms with E-state index < -0.39 is 11.8 Å². The minimum Gasteiger partial charge on any atom is -0.465 e. The van der Waals surface area contributed by atoms with Gasteiger partial charge in [-0.15, -0.1) is 0 Å². The van der Waals surface area contributed by atoms with E-state index in [1.807, 2.05) is 0 Å². The molecule has 0 amide bonds. The molecule has 0 radical (unpaired) electrons. The van der Waals surface area contributed by atoms with Crippen LogP contribution in [0.2, 0.25) is 0 Å². The lowest BCUT2D eigenvalue weighted by molar-refractivity contribution is -0.167. The van der Waals surface area contributed by atoms with Gasteiger partial charge in [0.25, 0.3) is 0 Å².